The van der Waals surface area contributed by atoms with Gasteiger partial charge in [0.05, 0.1) is 17.8 Å². The number of carbonyl (C=O) groups excluding carboxylic acids is 1. The summed E-state index contributed by atoms with van der Waals surface area (Å²) in [5.41, 5.74) is 0.0177. The standard InChI is InChI=1S/C14H17Br3N2O2/c1-14(21)3-2-4-19(8-14)7-12(20)18-13-10(16)5-9(15)6-11(13)17/h5-6,21H,2-4,7-8H2,1H3,(H,18,20). The predicted molar refractivity (Wildman–Crippen MR) is 94.5 cm³/mol. The Morgan fingerprint density at radius 1 is 1.38 bits per heavy atom. The fourth-order valence-electron chi connectivity index (χ4n) is 2.50. The van der Waals surface area contributed by atoms with Crippen LogP contribution in [0.5, 0.6) is 0 Å². The molecule has 1 aromatic carbocycles. The molecule has 2 rings (SSSR count). The molecule has 1 saturated heterocycles. The van der Waals surface area contributed by atoms with E-state index in [-0.39, 0.29) is 12.5 Å². The highest BCUT2D eigenvalue weighted by Gasteiger charge is 2.29. The van der Waals surface area contributed by atoms with E-state index in [9.17, 15) is 9.90 Å². The van der Waals surface area contributed by atoms with Gasteiger partial charge < -0.3 is 10.4 Å². The fourth-order valence-corrected chi connectivity index (χ4v) is 4.96. The van der Waals surface area contributed by atoms with Crippen molar-refractivity contribution in [1.29, 1.82) is 0 Å². The maximum Gasteiger partial charge on any atom is 0.238 e. The van der Waals surface area contributed by atoms with Gasteiger partial charge in [0, 0.05) is 20.0 Å². The van der Waals surface area contributed by atoms with E-state index in [1.54, 1.807) is 0 Å². The number of rotatable bonds is 3. The third-order valence-electron chi connectivity index (χ3n) is 3.39. The van der Waals surface area contributed by atoms with Crippen LogP contribution < -0.4 is 5.32 Å². The average Bonchev–Trinajstić information content (AvgIpc) is 2.32. The van der Waals surface area contributed by atoms with Crippen LogP contribution in [0.2, 0.25) is 0 Å². The molecule has 1 aromatic rings. The van der Waals surface area contributed by atoms with E-state index in [1.807, 2.05) is 24.0 Å². The maximum absolute atomic E-state index is 12.2. The SMILES string of the molecule is CC1(O)CCCN(CC(=O)Nc2c(Br)cc(Br)cc2Br)C1. The lowest BCUT2D eigenvalue weighted by molar-refractivity contribution is -0.118. The molecule has 21 heavy (non-hydrogen) atoms. The Balaban J connectivity index is 1.99. The van der Waals surface area contributed by atoms with Crippen LogP contribution in [0.4, 0.5) is 5.69 Å². The van der Waals surface area contributed by atoms with Crippen molar-refractivity contribution in [3.8, 4) is 0 Å². The Morgan fingerprint density at radius 2 is 2.00 bits per heavy atom. The molecule has 0 radical (unpaired) electrons. The molecular formula is C14H17Br3N2O2. The molecular weight excluding hydrogens is 468 g/mol. The van der Waals surface area contributed by atoms with Crippen molar-refractivity contribution in [2.75, 3.05) is 25.0 Å². The molecule has 1 atom stereocenters. The van der Waals surface area contributed by atoms with E-state index in [0.29, 0.717) is 12.2 Å². The number of benzene rings is 1. The van der Waals surface area contributed by atoms with Gasteiger partial charge in [-0.3, -0.25) is 9.69 Å². The topological polar surface area (TPSA) is 52.6 Å². The number of carbonyl (C=O) groups is 1. The number of hydrogen-bond donors (Lipinski definition) is 2. The van der Waals surface area contributed by atoms with Crippen molar-refractivity contribution in [1.82, 2.24) is 4.90 Å². The van der Waals surface area contributed by atoms with Gasteiger partial charge in [-0.1, -0.05) is 15.9 Å². The number of aliphatic hydroxyl groups is 1. The van der Waals surface area contributed by atoms with E-state index >= 15 is 0 Å². The summed E-state index contributed by atoms with van der Waals surface area (Å²) >= 11 is 10.3. The second-order valence-corrected chi connectivity index (χ2v) is 8.23. The van der Waals surface area contributed by atoms with Crippen molar-refractivity contribution < 1.29 is 9.90 Å². The minimum Gasteiger partial charge on any atom is -0.389 e. The van der Waals surface area contributed by atoms with Gasteiger partial charge >= 0.3 is 0 Å². The zero-order valence-corrected chi connectivity index (χ0v) is 16.4. The van der Waals surface area contributed by atoms with Gasteiger partial charge in [-0.15, -0.1) is 0 Å². The van der Waals surface area contributed by atoms with Gasteiger partial charge in [-0.2, -0.15) is 0 Å². The largest absolute Gasteiger partial charge is 0.389 e. The van der Waals surface area contributed by atoms with Crippen molar-refractivity contribution in [3.63, 3.8) is 0 Å². The number of hydrogen-bond acceptors (Lipinski definition) is 3. The number of nitrogens with zero attached hydrogens (tertiary/aromatic N) is 1. The summed E-state index contributed by atoms with van der Waals surface area (Å²) in [4.78, 5) is 14.2. The molecule has 1 fully saturated rings. The first-order valence-corrected chi connectivity index (χ1v) is 9.04. The molecule has 0 aromatic heterocycles. The number of amides is 1. The summed E-state index contributed by atoms with van der Waals surface area (Å²) in [6.07, 6.45) is 1.70. The number of anilines is 1. The smallest absolute Gasteiger partial charge is 0.238 e. The lowest BCUT2D eigenvalue weighted by Gasteiger charge is -2.36. The molecule has 0 bridgehead atoms. The maximum atomic E-state index is 12.2. The first-order valence-electron chi connectivity index (χ1n) is 6.66. The summed E-state index contributed by atoms with van der Waals surface area (Å²) in [6, 6.07) is 3.76. The van der Waals surface area contributed by atoms with Crippen LogP contribution in [-0.4, -0.2) is 41.1 Å². The van der Waals surface area contributed by atoms with E-state index in [4.69, 9.17) is 0 Å². The molecule has 1 aliphatic heterocycles. The van der Waals surface area contributed by atoms with Crippen LogP contribution in [0, 0.1) is 0 Å². The summed E-state index contributed by atoms with van der Waals surface area (Å²) < 4.78 is 2.54. The van der Waals surface area contributed by atoms with E-state index in [0.717, 1.165) is 32.8 Å². The van der Waals surface area contributed by atoms with Crippen LogP contribution >= 0.6 is 47.8 Å². The van der Waals surface area contributed by atoms with E-state index < -0.39 is 5.60 Å². The molecule has 0 spiro atoms. The van der Waals surface area contributed by atoms with Gasteiger partial charge in [0.25, 0.3) is 0 Å². The van der Waals surface area contributed by atoms with Crippen molar-refractivity contribution in [2.24, 2.45) is 0 Å². The summed E-state index contributed by atoms with van der Waals surface area (Å²) in [5, 5.41) is 13.0. The first kappa shape index (κ1) is 17.4. The minimum atomic E-state index is -0.697. The zero-order chi connectivity index (χ0) is 15.6. The van der Waals surface area contributed by atoms with Crippen molar-refractivity contribution in [3.05, 3.63) is 25.6 Å². The molecule has 2 N–H and O–H groups in total. The predicted octanol–water partition coefficient (Wildman–Crippen LogP) is 3.76. The van der Waals surface area contributed by atoms with Crippen LogP contribution in [-0.2, 0) is 4.79 Å². The second-order valence-electron chi connectivity index (χ2n) is 5.60. The normalized spacial score (nSPS) is 23.1. The summed E-state index contributed by atoms with van der Waals surface area (Å²) in [6.45, 7) is 3.47. The molecule has 0 aliphatic carbocycles. The highest BCUT2D eigenvalue weighted by atomic mass is 79.9. The molecule has 7 heteroatoms. The lowest BCUT2D eigenvalue weighted by atomic mass is 9.95. The quantitative estimate of drug-likeness (QED) is 0.687. The average molecular weight is 485 g/mol. The van der Waals surface area contributed by atoms with Crippen molar-refractivity contribution >= 4 is 59.4 Å². The molecule has 116 valence electrons. The Labute approximate surface area is 149 Å². The molecule has 1 aliphatic rings. The Bertz CT molecular complexity index is 526. The van der Waals surface area contributed by atoms with Gasteiger partial charge in [0.15, 0.2) is 0 Å². The Morgan fingerprint density at radius 3 is 2.57 bits per heavy atom. The number of likely N-dealkylation sites (tertiary alicyclic amines) is 1. The second kappa shape index (κ2) is 7.08. The number of β-amino-alcohol motifs (C(OH)–C–C–N with tert-alkyl or cyclic N) is 1. The fraction of sp³-hybridized carbons (Fsp3) is 0.500. The van der Waals surface area contributed by atoms with Gasteiger partial charge in [0.2, 0.25) is 5.91 Å². The highest BCUT2D eigenvalue weighted by molar-refractivity contribution is 9.11. The van der Waals surface area contributed by atoms with Crippen LogP contribution in [0.15, 0.2) is 25.6 Å². The Kier molecular flexibility index (Phi) is 5.87. The minimum absolute atomic E-state index is 0.0866. The number of nitrogens with one attached hydrogen (secondary N) is 1. The third-order valence-corrected chi connectivity index (χ3v) is 5.10. The van der Waals surface area contributed by atoms with Crippen LogP contribution in [0.25, 0.3) is 0 Å². The van der Waals surface area contributed by atoms with E-state index in [2.05, 4.69) is 53.1 Å². The highest BCUT2D eigenvalue weighted by Crippen LogP contribution is 2.34. The van der Waals surface area contributed by atoms with E-state index in [1.165, 1.54) is 0 Å². The van der Waals surface area contributed by atoms with Gasteiger partial charge in [0.1, 0.15) is 0 Å². The molecule has 1 unspecified atom stereocenters. The Hall–Kier alpha value is 0.0500. The number of piperidine rings is 1. The molecule has 1 heterocycles. The van der Waals surface area contributed by atoms with Gasteiger partial charge in [-0.25, -0.2) is 0 Å². The monoisotopic (exact) mass is 482 g/mol. The van der Waals surface area contributed by atoms with Crippen LogP contribution in [0.3, 0.4) is 0 Å². The summed E-state index contributed by atoms with van der Waals surface area (Å²) in [5.74, 6) is -0.0866. The van der Waals surface area contributed by atoms with Crippen LogP contribution in [0.1, 0.15) is 19.8 Å². The summed E-state index contributed by atoms with van der Waals surface area (Å²) in [7, 11) is 0. The number of halogens is 3. The van der Waals surface area contributed by atoms with Gasteiger partial charge in [-0.05, 0) is 70.3 Å². The third kappa shape index (κ3) is 5.03. The lowest BCUT2D eigenvalue weighted by Crippen LogP contribution is -2.48. The molecule has 0 saturated carbocycles. The zero-order valence-electron chi connectivity index (χ0n) is 11.6. The molecule has 4 nitrogen and oxygen atoms in total. The first-order chi connectivity index (χ1) is 9.77. The molecule has 1 amide bonds. The van der Waals surface area contributed by atoms with Crippen molar-refractivity contribution in [2.45, 2.75) is 25.4 Å².